The van der Waals surface area contributed by atoms with Crippen molar-refractivity contribution in [3.63, 3.8) is 0 Å². The Hall–Kier alpha value is -2.88. The predicted octanol–water partition coefficient (Wildman–Crippen LogP) is 5.37. The molecule has 0 aliphatic rings. The van der Waals surface area contributed by atoms with Crippen LogP contribution in [-0.4, -0.2) is 25.4 Å². The van der Waals surface area contributed by atoms with Gasteiger partial charge in [-0.05, 0) is 43.5 Å². The second-order valence-corrected chi connectivity index (χ2v) is 7.78. The fraction of sp³-hybridized carbons (Fsp3) is 0.385. The van der Waals surface area contributed by atoms with Gasteiger partial charge >= 0.3 is 0 Å². The quantitative estimate of drug-likeness (QED) is 0.426. The Morgan fingerprint density at radius 2 is 1.67 bits per heavy atom. The lowest BCUT2D eigenvalue weighted by atomic mass is 9.98. The number of nitrogens with zero attached hydrogens (tertiary/aromatic N) is 1. The van der Waals surface area contributed by atoms with Crippen LogP contribution in [0.5, 0.6) is 0 Å². The van der Waals surface area contributed by atoms with Crippen molar-refractivity contribution in [2.45, 2.75) is 46.5 Å². The van der Waals surface area contributed by atoms with E-state index in [0.29, 0.717) is 6.54 Å². The highest BCUT2D eigenvalue weighted by Gasteiger charge is 2.28. The lowest BCUT2D eigenvalue weighted by Crippen LogP contribution is -2.41. The highest BCUT2D eigenvalue weighted by atomic mass is 16.2. The molecular weight excluding hydrogens is 372 g/mol. The molecule has 160 valence electrons. The molecule has 30 heavy (non-hydrogen) atoms. The van der Waals surface area contributed by atoms with Crippen molar-refractivity contribution >= 4 is 23.1 Å². The van der Waals surface area contributed by atoms with Crippen LogP contribution in [-0.2, 0) is 9.59 Å². The van der Waals surface area contributed by atoms with Crippen LogP contribution in [0.15, 0.2) is 60.7 Å². The first-order valence-electron chi connectivity index (χ1n) is 10.8. The van der Waals surface area contributed by atoms with Crippen LogP contribution in [0.1, 0.15) is 50.7 Å². The number of benzene rings is 2. The van der Waals surface area contributed by atoms with Gasteiger partial charge in [0, 0.05) is 19.3 Å². The minimum atomic E-state index is -0.873. The number of carbonyl (C=O) groups excluding carboxylic acids is 2. The van der Waals surface area contributed by atoms with E-state index in [1.54, 1.807) is 18.0 Å². The Morgan fingerprint density at radius 3 is 2.30 bits per heavy atom. The predicted molar refractivity (Wildman–Crippen MR) is 125 cm³/mol. The zero-order valence-electron chi connectivity index (χ0n) is 18.7. The van der Waals surface area contributed by atoms with Gasteiger partial charge in [-0.3, -0.25) is 9.59 Å². The monoisotopic (exact) mass is 406 g/mol. The molecule has 1 unspecified atom stereocenters. The molecule has 0 spiro atoms. The maximum Gasteiger partial charge on any atom is 0.243 e. The Bertz CT molecular complexity index is 841. The van der Waals surface area contributed by atoms with Crippen molar-refractivity contribution in [2.24, 2.45) is 5.92 Å². The van der Waals surface area contributed by atoms with Gasteiger partial charge in [0.2, 0.25) is 11.8 Å². The molecule has 0 fully saturated rings. The molecule has 2 aromatic carbocycles. The fourth-order valence-electron chi connectivity index (χ4n) is 3.28. The summed E-state index contributed by atoms with van der Waals surface area (Å²) in [5.74, 6) is -1.35. The van der Waals surface area contributed by atoms with Crippen LogP contribution in [0.3, 0.4) is 0 Å². The molecule has 0 aromatic heterocycles. The second kappa shape index (κ2) is 12.0. The number of allylic oxidation sites excluding steroid dienone is 1. The Labute approximate surface area is 181 Å². The minimum absolute atomic E-state index is 0.237. The zero-order chi connectivity index (χ0) is 21.9. The summed E-state index contributed by atoms with van der Waals surface area (Å²) in [6, 6.07) is 17.5. The largest absolute Gasteiger partial charge is 0.355 e. The summed E-state index contributed by atoms with van der Waals surface area (Å²) in [6.45, 7) is 6.73. The third-order valence-corrected chi connectivity index (χ3v) is 5.28. The summed E-state index contributed by atoms with van der Waals surface area (Å²) in [6.07, 6.45) is 6.10. The van der Waals surface area contributed by atoms with Crippen LogP contribution in [0.2, 0.25) is 0 Å². The van der Waals surface area contributed by atoms with E-state index in [9.17, 15) is 9.59 Å². The van der Waals surface area contributed by atoms with Gasteiger partial charge in [0.1, 0.15) is 5.92 Å². The highest BCUT2D eigenvalue weighted by molar-refractivity contribution is 6.09. The van der Waals surface area contributed by atoms with Gasteiger partial charge in [0.05, 0.1) is 0 Å². The smallest absolute Gasteiger partial charge is 0.243 e. The highest BCUT2D eigenvalue weighted by Crippen LogP contribution is 2.21. The molecular formula is C26H34N2O2. The molecule has 0 bridgehead atoms. The number of carbonyl (C=O) groups is 2. The first kappa shape index (κ1) is 23.4. The van der Waals surface area contributed by atoms with E-state index in [1.807, 2.05) is 68.4 Å². The average Bonchev–Trinajstić information content (AvgIpc) is 2.77. The number of anilines is 1. The lowest BCUT2D eigenvalue weighted by Gasteiger charge is -2.22. The molecule has 2 aromatic rings. The zero-order valence-corrected chi connectivity index (χ0v) is 18.7. The normalized spacial score (nSPS) is 12.3. The number of unbranched alkanes of at least 4 members (excludes halogenated alkanes) is 3. The second-order valence-electron chi connectivity index (χ2n) is 7.78. The number of nitrogens with one attached hydrogen (secondary N) is 1. The molecule has 0 saturated heterocycles. The average molecular weight is 407 g/mol. The van der Waals surface area contributed by atoms with E-state index in [2.05, 4.69) is 12.2 Å². The van der Waals surface area contributed by atoms with Gasteiger partial charge in [-0.15, -0.1) is 0 Å². The molecule has 4 heteroatoms. The number of amides is 2. The van der Waals surface area contributed by atoms with Gasteiger partial charge in [-0.25, -0.2) is 0 Å². The summed E-state index contributed by atoms with van der Waals surface area (Å²) in [5.41, 5.74) is 3.87. The van der Waals surface area contributed by atoms with Crippen LogP contribution in [0, 0.1) is 12.8 Å². The van der Waals surface area contributed by atoms with Gasteiger partial charge in [-0.1, -0.05) is 80.3 Å². The molecule has 0 radical (unpaired) electrons. The molecule has 2 amide bonds. The van der Waals surface area contributed by atoms with Gasteiger partial charge in [0.25, 0.3) is 0 Å². The maximum absolute atomic E-state index is 13.3. The van der Waals surface area contributed by atoms with Crippen molar-refractivity contribution in [2.75, 3.05) is 18.5 Å². The molecule has 4 nitrogen and oxygen atoms in total. The number of hydrogen-bond donors (Lipinski definition) is 1. The van der Waals surface area contributed by atoms with E-state index in [4.69, 9.17) is 0 Å². The summed E-state index contributed by atoms with van der Waals surface area (Å²) >= 11 is 0. The van der Waals surface area contributed by atoms with Gasteiger partial charge in [-0.2, -0.15) is 0 Å². The lowest BCUT2D eigenvalue weighted by molar-refractivity contribution is -0.131. The number of para-hydroxylation sites is 1. The summed E-state index contributed by atoms with van der Waals surface area (Å²) < 4.78 is 0. The molecule has 1 atom stereocenters. The van der Waals surface area contributed by atoms with Crippen LogP contribution in [0.4, 0.5) is 5.69 Å². The number of rotatable bonds is 10. The molecule has 0 saturated carbocycles. The fourth-order valence-corrected chi connectivity index (χ4v) is 3.28. The topological polar surface area (TPSA) is 49.4 Å². The Morgan fingerprint density at radius 1 is 1.00 bits per heavy atom. The SMILES string of the molecule is CCCCCCNC(=O)C(/C=C(\C)c1ccc(C)cc1)C(=O)N(C)c1ccccc1. The molecule has 0 aliphatic heterocycles. The maximum atomic E-state index is 13.3. The third-order valence-electron chi connectivity index (χ3n) is 5.28. The van der Waals surface area contributed by atoms with E-state index < -0.39 is 5.92 Å². The standard InChI is InChI=1S/C26H34N2O2/c1-5-6-7-11-18-27-25(29)24(19-21(3)22-16-14-20(2)15-17-22)26(30)28(4)23-12-9-8-10-13-23/h8-10,12-17,19,24H,5-7,11,18H2,1-4H3,(H,27,29)/b21-19+. The third kappa shape index (κ3) is 6.87. The summed E-state index contributed by atoms with van der Waals surface area (Å²) in [7, 11) is 1.72. The van der Waals surface area contributed by atoms with Crippen LogP contribution < -0.4 is 10.2 Å². The summed E-state index contributed by atoms with van der Waals surface area (Å²) in [5, 5.41) is 2.96. The first-order chi connectivity index (χ1) is 14.4. The molecule has 0 heterocycles. The van der Waals surface area contributed by atoms with Crippen LogP contribution in [0.25, 0.3) is 5.57 Å². The van der Waals surface area contributed by atoms with Crippen molar-refractivity contribution in [1.29, 1.82) is 0 Å². The van der Waals surface area contributed by atoms with E-state index in [1.165, 1.54) is 5.56 Å². The van der Waals surface area contributed by atoms with E-state index in [-0.39, 0.29) is 11.8 Å². The van der Waals surface area contributed by atoms with Gasteiger partial charge in [0.15, 0.2) is 0 Å². The first-order valence-corrected chi connectivity index (χ1v) is 10.8. The summed E-state index contributed by atoms with van der Waals surface area (Å²) in [4.78, 5) is 27.8. The van der Waals surface area contributed by atoms with Crippen LogP contribution >= 0.6 is 0 Å². The van der Waals surface area contributed by atoms with Crippen molar-refractivity contribution in [1.82, 2.24) is 5.32 Å². The molecule has 1 N–H and O–H groups in total. The van der Waals surface area contributed by atoms with Crippen molar-refractivity contribution in [3.8, 4) is 0 Å². The van der Waals surface area contributed by atoms with Gasteiger partial charge < -0.3 is 10.2 Å². The number of hydrogen-bond acceptors (Lipinski definition) is 2. The van der Waals surface area contributed by atoms with Crippen molar-refractivity contribution in [3.05, 3.63) is 71.8 Å². The van der Waals surface area contributed by atoms with E-state index in [0.717, 1.165) is 42.5 Å². The van der Waals surface area contributed by atoms with E-state index >= 15 is 0 Å². The molecule has 0 aliphatic carbocycles. The number of aryl methyl sites for hydroxylation is 1. The minimum Gasteiger partial charge on any atom is -0.355 e. The van der Waals surface area contributed by atoms with Crippen molar-refractivity contribution < 1.29 is 9.59 Å². The Balaban J connectivity index is 2.22. The molecule has 2 rings (SSSR count). The Kier molecular flexibility index (Phi) is 9.33.